The minimum atomic E-state index is -0.660. The smallest absolute Gasteiger partial charge is 0.414 e. The zero-order valence-electron chi connectivity index (χ0n) is 13.4. The fraction of sp³-hybridized carbons (Fsp3) is 0.333. The van der Waals surface area contributed by atoms with E-state index in [0.29, 0.717) is 34.8 Å². The first kappa shape index (κ1) is 17.2. The molecular formula is C15H16BrN5O4. The Hall–Kier alpha value is -2.62. The minimum Gasteiger partial charge on any atom is -0.442 e. The number of cyclic esters (lactones) is 1. The Balaban J connectivity index is 1.76. The van der Waals surface area contributed by atoms with Gasteiger partial charge in [-0.3, -0.25) is 4.90 Å². The summed E-state index contributed by atoms with van der Waals surface area (Å²) in [6, 6.07) is 4.67. The monoisotopic (exact) mass is 409 g/mol. The third-order valence-corrected chi connectivity index (χ3v) is 4.31. The molecule has 3 rings (SSSR count). The first-order valence-electron chi connectivity index (χ1n) is 7.62. The third kappa shape index (κ3) is 3.73. The number of hydrogen-bond acceptors (Lipinski definition) is 6. The van der Waals surface area contributed by atoms with E-state index in [-0.39, 0.29) is 6.54 Å². The van der Waals surface area contributed by atoms with Crippen LogP contribution in [0.3, 0.4) is 0 Å². The second-order valence-electron chi connectivity index (χ2n) is 5.39. The first-order valence-corrected chi connectivity index (χ1v) is 8.41. The summed E-state index contributed by atoms with van der Waals surface area (Å²) in [6.07, 6.45) is -0.261. The van der Waals surface area contributed by atoms with E-state index >= 15 is 0 Å². The number of anilines is 1. The number of hydrogen-bond donors (Lipinski definition) is 2. The summed E-state index contributed by atoms with van der Waals surface area (Å²) < 4.78 is 11.2. The van der Waals surface area contributed by atoms with Gasteiger partial charge in [-0.25, -0.2) is 9.59 Å². The topological polar surface area (TPSA) is 124 Å². The van der Waals surface area contributed by atoms with Crippen LogP contribution >= 0.6 is 15.9 Å². The number of halogens is 1. The van der Waals surface area contributed by atoms with Crippen LogP contribution < -0.4 is 16.0 Å². The average Bonchev–Trinajstić information content (AvgIpc) is 3.19. The molecule has 0 aliphatic carbocycles. The van der Waals surface area contributed by atoms with Crippen LogP contribution in [0.25, 0.3) is 11.5 Å². The van der Waals surface area contributed by atoms with Crippen LogP contribution in [-0.2, 0) is 11.2 Å². The lowest BCUT2D eigenvalue weighted by molar-refractivity contribution is 0.141. The number of rotatable bonds is 5. The minimum absolute atomic E-state index is 0.165. The Bertz CT molecular complexity index is 809. The Kier molecular flexibility index (Phi) is 4.88. The standard InChI is InChI=1S/C15H16BrN5O4/c1-2-12-19-13(25-20-12)10-4-3-8(5-11(10)16)21-7-9(24-15(21)23)6-18-14(17)22/h3-5,9H,2,6-7H2,1H3,(H3,17,18,22). The highest BCUT2D eigenvalue weighted by Gasteiger charge is 2.32. The van der Waals surface area contributed by atoms with Gasteiger partial charge in [-0.2, -0.15) is 4.98 Å². The zero-order chi connectivity index (χ0) is 18.0. The van der Waals surface area contributed by atoms with Crippen molar-refractivity contribution >= 4 is 33.7 Å². The lowest BCUT2D eigenvalue weighted by Crippen LogP contribution is -2.37. The number of aryl methyl sites for hydroxylation is 1. The Morgan fingerprint density at radius 1 is 1.52 bits per heavy atom. The Morgan fingerprint density at radius 3 is 2.96 bits per heavy atom. The lowest BCUT2D eigenvalue weighted by Gasteiger charge is -2.14. The molecular weight excluding hydrogens is 394 g/mol. The van der Waals surface area contributed by atoms with E-state index in [1.165, 1.54) is 4.90 Å². The molecule has 2 heterocycles. The second kappa shape index (κ2) is 7.09. The highest BCUT2D eigenvalue weighted by molar-refractivity contribution is 9.10. The first-order chi connectivity index (χ1) is 12.0. The van der Waals surface area contributed by atoms with E-state index in [1.807, 2.05) is 6.92 Å². The third-order valence-electron chi connectivity index (χ3n) is 3.66. The Morgan fingerprint density at radius 2 is 2.32 bits per heavy atom. The number of primary amides is 1. The molecule has 132 valence electrons. The summed E-state index contributed by atoms with van der Waals surface area (Å²) in [5.74, 6) is 1.03. The van der Waals surface area contributed by atoms with Gasteiger partial charge in [0.2, 0.25) is 0 Å². The maximum Gasteiger partial charge on any atom is 0.414 e. The van der Waals surface area contributed by atoms with Gasteiger partial charge in [0, 0.05) is 16.6 Å². The predicted octanol–water partition coefficient (Wildman–Crippen LogP) is 2.06. The van der Waals surface area contributed by atoms with Gasteiger partial charge < -0.3 is 20.3 Å². The molecule has 0 saturated carbocycles. The van der Waals surface area contributed by atoms with E-state index in [2.05, 4.69) is 31.4 Å². The van der Waals surface area contributed by atoms with E-state index in [9.17, 15) is 9.59 Å². The van der Waals surface area contributed by atoms with Crippen LogP contribution in [0.5, 0.6) is 0 Å². The van der Waals surface area contributed by atoms with Gasteiger partial charge in [-0.1, -0.05) is 12.1 Å². The van der Waals surface area contributed by atoms with Crippen LogP contribution in [0.4, 0.5) is 15.3 Å². The number of ether oxygens (including phenoxy) is 1. The highest BCUT2D eigenvalue weighted by Crippen LogP contribution is 2.32. The number of urea groups is 1. The van der Waals surface area contributed by atoms with Gasteiger partial charge in [-0.05, 0) is 34.1 Å². The number of aromatic nitrogens is 2. The zero-order valence-corrected chi connectivity index (χ0v) is 14.9. The Labute approximate surface area is 151 Å². The van der Waals surface area contributed by atoms with Crippen LogP contribution in [-0.4, -0.2) is 41.5 Å². The van der Waals surface area contributed by atoms with Crippen molar-refractivity contribution in [3.8, 4) is 11.5 Å². The number of nitrogens with two attached hydrogens (primary N) is 1. The molecule has 10 heteroatoms. The predicted molar refractivity (Wildman–Crippen MR) is 92.0 cm³/mol. The molecule has 0 spiro atoms. The number of nitrogens with one attached hydrogen (secondary N) is 1. The lowest BCUT2D eigenvalue weighted by atomic mass is 10.2. The van der Waals surface area contributed by atoms with Crippen molar-refractivity contribution in [3.05, 3.63) is 28.5 Å². The molecule has 0 radical (unpaired) electrons. The van der Waals surface area contributed by atoms with Crippen LogP contribution in [0, 0.1) is 0 Å². The van der Waals surface area contributed by atoms with Crippen molar-refractivity contribution in [1.29, 1.82) is 0 Å². The van der Waals surface area contributed by atoms with Gasteiger partial charge in [0.25, 0.3) is 5.89 Å². The van der Waals surface area contributed by atoms with Gasteiger partial charge >= 0.3 is 12.1 Å². The van der Waals surface area contributed by atoms with Gasteiger partial charge in [0.1, 0.15) is 6.10 Å². The molecule has 1 fully saturated rings. The molecule has 9 nitrogen and oxygen atoms in total. The number of nitrogens with zero attached hydrogens (tertiary/aromatic N) is 3. The van der Waals surface area contributed by atoms with Crippen LogP contribution in [0.15, 0.2) is 27.2 Å². The molecule has 1 saturated heterocycles. The summed E-state index contributed by atoms with van der Waals surface area (Å²) in [7, 11) is 0. The number of amides is 3. The quantitative estimate of drug-likeness (QED) is 0.778. The summed E-state index contributed by atoms with van der Waals surface area (Å²) in [5, 5.41) is 6.30. The molecule has 3 N–H and O–H groups in total. The van der Waals surface area contributed by atoms with Crippen molar-refractivity contribution in [3.63, 3.8) is 0 Å². The van der Waals surface area contributed by atoms with E-state index in [4.69, 9.17) is 15.0 Å². The molecule has 1 unspecified atom stereocenters. The molecule has 2 aromatic rings. The van der Waals surface area contributed by atoms with E-state index < -0.39 is 18.2 Å². The van der Waals surface area contributed by atoms with Gasteiger partial charge in [0.05, 0.1) is 18.7 Å². The van der Waals surface area contributed by atoms with Gasteiger partial charge in [-0.15, -0.1) is 0 Å². The maximum atomic E-state index is 12.0. The molecule has 25 heavy (non-hydrogen) atoms. The molecule has 1 aromatic carbocycles. The number of carbonyl (C=O) groups is 2. The summed E-state index contributed by atoms with van der Waals surface area (Å²) in [5.41, 5.74) is 6.41. The van der Waals surface area contributed by atoms with Crippen molar-refractivity contribution < 1.29 is 18.8 Å². The van der Waals surface area contributed by atoms with Crippen molar-refractivity contribution in [2.24, 2.45) is 5.73 Å². The van der Waals surface area contributed by atoms with Crippen molar-refractivity contribution in [1.82, 2.24) is 15.5 Å². The summed E-state index contributed by atoms with van der Waals surface area (Å²) >= 11 is 3.47. The second-order valence-corrected chi connectivity index (χ2v) is 6.25. The van der Waals surface area contributed by atoms with Crippen molar-refractivity contribution in [2.75, 3.05) is 18.0 Å². The number of carbonyl (C=O) groups excluding carboxylic acids is 2. The van der Waals surface area contributed by atoms with Crippen LogP contribution in [0.2, 0.25) is 0 Å². The molecule has 0 bridgehead atoms. The van der Waals surface area contributed by atoms with E-state index in [0.717, 1.165) is 5.56 Å². The largest absolute Gasteiger partial charge is 0.442 e. The molecule has 3 amide bonds. The summed E-state index contributed by atoms with van der Waals surface area (Å²) in [6.45, 7) is 2.42. The van der Waals surface area contributed by atoms with E-state index in [1.54, 1.807) is 18.2 Å². The molecule has 1 atom stereocenters. The van der Waals surface area contributed by atoms with Crippen LogP contribution in [0.1, 0.15) is 12.7 Å². The number of benzene rings is 1. The fourth-order valence-corrected chi connectivity index (χ4v) is 2.94. The molecule has 1 aliphatic heterocycles. The SMILES string of the molecule is CCc1noc(-c2ccc(N3CC(CNC(N)=O)OC3=O)cc2Br)n1. The molecule has 1 aromatic heterocycles. The fourth-order valence-electron chi connectivity index (χ4n) is 2.41. The average molecular weight is 410 g/mol. The van der Waals surface area contributed by atoms with Crippen molar-refractivity contribution in [2.45, 2.75) is 19.4 Å². The molecule has 1 aliphatic rings. The van der Waals surface area contributed by atoms with Gasteiger partial charge in [0.15, 0.2) is 5.82 Å². The highest BCUT2D eigenvalue weighted by atomic mass is 79.9. The maximum absolute atomic E-state index is 12.0. The summed E-state index contributed by atoms with van der Waals surface area (Å²) in [4.78, 5) is 28.6. The normalized spacial score (nSPS) is 16.8.